The van der Waals surface area contributed by atoms with Crippen LogP contribution in [0.2, 0.25) is 0 Å². The molecule has 1 saturated heterocycles. The van der Waals surface area contributed by atoms with Crippen LogP contribution in [0, 0.1) is 11.6 Å². The van der Waals surface area contributed by atoms with Gasteiger partial charge in [-0.05, 0) is 50.2 Å². The molecular weight excluding hydrogens is 316 g/mol. The number of anilines is 1. The molecule has 128 valence electrons. The number of likely N-dealkylation sites (tertiary alicyclic amines) is 1. The highest BCUT2D eigenvalue weighted by atomic mass is 19.1. The van der Waals surface area contributed by atoms with Gasteiger partial charge in [0, 0.05) is 12.6 Å². The van der Waals surface area contributed by atoms with Gasteiger partial charge in [-0.25, -0.2) is 13.6 Å². The highest BCUT2D eigenvalue weighted by Crippen LogP contribution is 2.25. The minimum Gasteiger partial charge on any atom is -0.468 e. The predicted octanol–water partition coefficient (Wildman–Crippen LogP) is 3.52. The van der Waals surface area contributed by atoms with Crippen molar-refractivity contribution in [3.05, 3.63) is 54.0 Å². The van der Waals surface area contributed by atoms with Gasteiger partial charge in [-0.15, -0.1) is 0 Å². The second-order valence-electron chi connectivity index (χ2n) is 5.73. The molecule has 1 atom stereocenters. The summed E-state index contributed by atoms with van der Waals surface area (Å²) in [5.74, 6) is -0.720. The second-order valence-corrected chi connectivity index (χ2v) is 5.73. The van der Waals surface area contributed by atoms with E-state index in [1.807, 2.05) is 12.1 Å². The fraction of sp³-hybridized carbons (Fsp3) is 0.353. The quantitative estimate of drug-likeness (QED) is 0.879. The Labute approximate surface area is 138 Å². The third kappa shape index (κ3) is 3.91. The molecule has 2 aromatic rings. The lowest BCUT2D eigenvalue weighted by molar-refractivity contribution is 0.206. The van der Waals surface area contributed by atoms with Crippen LogP contribution in [0.1, 0.15) is 24.6 Å². The average molecular weight is 335 g/mol. The number of urea groups is 1. The van der Waals surface area contributed by atoms with Crippen LogP contribution in [-0.2, 0) is 0 Å². The minimum atomic E-state index is -0.813. The van der Waals surface area contributed by atoms with Crippen molar-refractivity contribution < 1.29 is 18.0 Å². The van der Waals surface area contributed by atoms with Crippen LogP contribution < -0.4 is 10.6 Å². The fourth-order valence-corrected chi connectivity index (χ4v) is 2.89. The first-order valence-corrected chi connectivity index (χ1v) is 7.91. The molecule has 2 N–H and O–H groups in total. The summed E-state index contributed by atoms with van der Waals surface area (Å²) in [6.45, 7) is 2.23. The van der Waals surface area contributed by atoms with Crippen LogP contribution in [0.5, 0.6) is 0 Å². The highest BCUT2D eigenvalue weighted by molar-refractivity contribution is 5.89. The summed E-state index contributed by atoms with van der Waals surface area (Å²) < 4.78 is 31.9. The number of halogens is 2. The van der Waals surface area contributed by atoms with Crippen molar-refractivity contribution in [2.24, 2.45) is 0 Å². The lowest BCUT2D eigenvalue weighted by Crippen LogP contribution is -2.38. The Morgan fingerprint density at radius 1 is 1.25 bits per heavy atom. The Hall–Kier alpha value is -2.41. The number of hydrogen-bond acceptors (Lipinski definition) is 3. The van der Waals surface area contributed by atoms with Crippen molar-refractivity contribution in [1.82, 2.24) is 10.2 Å². The first-order valence-electron chi connectivity index (χ1n) is 7.91. The molecule has 1 aliphatic heterocycles. The zero-order valence-corrected chi connectivity index (χ0v) is 13.1. The summed E-state index contributed by atoms with van der Waals surface area (Å²) in [4.78, 5) is 14.3. The SMILES string of the molecule is O=C(NC[C@@H](c1ccco1)N1CCCC1)Nc1ccc(F)cc1F. The van der Waals surface area contributed by atoms with E-state index < -0.39 is 17.7 Å². The average Bonchev–Trinajstić information content (AvgIpc) is 3.24. The predicted molar refractivity (Wildman–Crippen MR) is 85.6 cm³/mol. The van der Waals surface area contributed by atoms with Crippen molar-refractivity contribution in [2.45, 2.75) is 18.9 Å². The zero-order valence-electron chi connectivity index (χ0n) is 13.1. The standard InChI is InChI=1S/C17H19F2N3O2/c18-12-5-6-14(13(19)10-12)21-17(23)20-11-15(16-4-3-9-24-16)22-7-1-2-8-22/h3-6,9-10,15H,1-2,7-8,11H2,(H2,20,21,23)/t15-/m0/s1. The van der Waals surface area contributed by atoms with Gasteiger partial charge in [0.15, 0.2) is 0 Å². The number of carbonyl (C=O) groups is 1. The van der Waals surface area contributed by atoms with Gasteiger partial charge >= 0.3 is 6.03 Å². The summed E-state index contributed by atoms with van der Waals surface area (Å²) in [5.41, 5.74) is -0.0652. The lowest BCUT2D eigenvalue weighted by Gasteiger charge is -2.26. The van der Waals surface area contributed by atoms with Gasteiger partial charge in [-0.3, -0.25) is 4.90 Å². The molecule has 0 aliphatic carbocycles. The van der Waals surface area contributed by atoms with E-state index >= 15 is 0 Å². The Bertz CT molecular complexity index is 685. The van der Waals surface area contributed by atoms with Crippen LogP contribution in [0.3, 0.4) is 0 Å². The van der Waals surface area contributed by atoms with Gasteiger partial charge in [0.05, 0.1) is 18.0 Å². The van der Waals surface area contributed by atoms with E-state index in [9.17, 15) is 13.6 Å². The summed E-state index contributed by atoms with van der Waals surface area (Å²) >= 11 is 0. The van der Waals surface area contributed by atoms with Gasteiger partial charge in [-0.2, -0.15) is 0 Å². The largest absolute Gasteiger partial charge is 0.468 e. The molecule has 5 nitrogen and oxygen atoms in total. The number of nitrogens with zero attached hydrogens (tertiary/aromatic N) is 1. The molecule has 0 saturated carbocycles. The van der Waals surface area contributed by atoms with Crippen molar-refractivity contribution in [1.29, 1.82) is 0 Å². The second kappa shape index (κ2) is 7.44. The smallest absolute Gasteiger partial charge is 0.319 e. The van der Waals surface area contributed by atoms with Gasteiger partial charge < -0.3 is 15.1 Å². The molecule has 24 heavy (non-hydrogen) atoms. The van der Waals surface area contributed by atoms with E-state index in [1.54, 1.807) is 6.26 Å². The Morgan fingerprint density at radius 2 is 2.04 bits per heavy atom. The van der Waals surface area contributed by atoms with E-state index in [0.717, 1.165) is 43.8 Å². The number of nitrogens with one attached hydrogen (secondary N) is 2. The number of carbonyl (C=O) groups excluding carboxylic acids is 1. The first kappa shape index (κ1) is 16.4. The number of rotatable bonds is 5. The molecule has 0 unspecified atom stereocenters. The molecule has 0 bridgehead atoms. The molecule has 1 aromatic carbocycles. The molecule has 2 heterocycles. The lowest BCUT2D eigenvalue weighted by atomic mass is 10.2. The molecule has 1 aromatic heterocycles. The molecule has 7 heteroatoms. The Kier molecular flexibility index (Phi) is 5.10. The normalized spacial score (nSPS) is 16.1. The van der Waals surface area contributed by atoms with Crippen molar-refractivity contribution in [3.8, 4) is 0 Å². The summed E-state index contributed by atoms with van der Waals surface area (Å²) in [6.07, 6.45) is 3.83. The number of amides is 2. The number of furan rings is 1. The summed E-state index contributed by atoms with van der Waals surface area (Å²) in [7, 11) is 0. The van der Waals surface area contributed by atoms with Gasteiger partial charge in [0.2, 0.25) is 0 Å². The third-order valence-corrected chi connectivity index (χ3v) is 4.09. The van der Waals surface area contributed by atoms with Gasteiger partial charge in [-0.1, -0.05) is 0 Å². The Balaban J connectivity index is 1.60. The molecule has 1 aliphatic rings. The molecule has 2 amide bonds. The fourth-order valence-electron chi connectivity index (χ4n) is 2.89. The Morgan fingerprint density at radius 3 is 2.71 bits per heavy atom. The van der Waals surface area contributed by atoms with E-state index in [-0.39, 0.29) is 11.7 Å². The van der Waals surface area contributed by atoms with Crippen molar-refractivity contribution in [3.63, 3.8) is 0 Å². The zero-order chi connectivity index (χ0) is 16.9. The third-order valence-electron chi connectivity index (χ3n) is 4.09. The monoisotopic (exact) mass is 335 g/mol. The van der Waals surface area contributed by atoms with Crippen LogP contribution in [0.4, 0.5) is 19.3 Å². The minimum absolute atomic E-state index is 0.0636. The van der Waals surface area contributed by atoms with E-state index in [1.165, 1.54) is 6.07 Å². The van der Waals surface area contributed by atoms with Gasteiger partial charge in [0.1, 0.15) is 17.4 Å². The molecular formula is C17H19F2N3O2. The van der Waals surface area contributed by atoms with Gasteiger partial charge in [0.25, 0.3) is 0 Å². The van der Waals surface area contributed by atoms with Crippen molar-refractivity contribution >= 4 is 11.7 Å². The van der Waals surface area contributed by atoms with E-state index in [2.05, 4.69) is 15.5 Å². The summed E-state index contributed by atoms with van der Waals surface area (Å²) in [6, 6.07) is 6.09. The molecule has 0 radical (unpaired) electrons. The number of hydrogen-bond donors (Lipinski definition) is 2. The maximum Gasteiger partial charge on any atom is 0.319 e. The van der Waals surface area contributed by atoms with E-state index in [4.69, 9.17) is 4.42 Å². The number of benzene rings is 1. The maximum atomic E-state index is 13.6. The summed E-state index contributed by atoms with van der Waals surface area (Å²) in [5, 5.41) is 5.11. The van der Waals surface area contributed by atoms with E-state index in [0.29, 0.717) is 6.54 Å². The van der Waals surface area contributed by atoms with Crippen LogP contribution in [-0.4, -0.2) is 30.6 Å². The molecule has 3 rings (SSSR count). The van der Waals surface area contributed by atoms with Crippen LogP contribution in [0.15, 0.2) is 41.0 Å². The van der Waals surface area contributed by atoms with Crippen molar-refractivity contribution in [2.75, 3.05) is 25.0 Å². The maximum absolute atomic E-state index is 13.6. The first-order chi connectivity index (χ1) is 11.6. The highest BCUT2D eigenvalue weighted by Gasteiger charge is 2.26. The topological polar surface area (TPSA) is 57.5 Å². The van der Waals surface area contributed by atoms with Crippen LogP contribution in [0.25, 0.3) is 0 Å². The molecule has 1 fully saturated rings. The van der Waals surface area contributed by atoms with Crippen LogP contribution >= 0.6 is 0 Å². The molecule has 0 spiro atoms.